The summed E-state index contributed by atoms with van der Waals surface area (Å²) < 4.78 is 14.1. The van der Waals surface area contributed by atoms with Crippen molar-refractivity contribution in [3.8, 4) is 0 Å². The second-order valence-corrected chi connectivity index (χ2v) is 7.01. The Balaban J connectivity index is 1.55. The van der Waals surface area contributed by atoms with Gasteiger partial charge in [0.05, 0.1) is 16.9 Å². The van der Waals surface area contributed by atoms with E-state index >= 15 is 0 Å². The third kappa shape index (κ3) is 4.32. The molecule has 3 rings (SSSR count). The molecule has 1 unspecified atom stereocenters. The smallest absolute Gasteiger partial charge is 0.220 e. The van der Waals surface area contributed by atoms with E-state index in [9.17, 15) is 9.18 Å². The number of aryl methyl sites for hydroxylation is 2. The van der Waals surface area contributed by atoms with Crippen molar-refractivity contribution in [1.82, 2.24) is 10.3 Å². The maximum absolute atomic E-state index is 14.1. The maximum atomic E-state index is 14.1. The van der Waals surface area contributed by atoms with Crippen molar-refractivity contribution < 1.29 is 9.18 Å². The van der Waals surface area contributed by atoms with Gasteiger partial charge in [-0.1, -0.05) is 6.07 Å². The normalized spacial score (nSPS) is 17.8. The molecule has 0 radical (unpaired) electrons. The minimum Gasteiger partial charge on any atom is -0.367 e. The summed E-state index contributed by atoms with van der Waals surface area (Å²) in [6.07, 6.45) is 2.99. The second-order valence-electron chi connectivity index (χ2n) is 6.29. The van der Waals surface area contributed by atoms with Crippen LogP contribution in [-0.2, 0) is 11.2 Å². The molecule has 2 aromatic rings. The molecule has 1 amide bonds. The van der Waals surface area contributed by atoms with Crippen LogP contribution >= 0.6 is 11.3 Å². The molecule has 1 N–H and O–H groups in total. The van der Waals surface area contributed by atoms with Crippen molar-refractivity contribution >= 4 is 22.9 Å². The largest absolute Gasteiger partial charge is 0.367 e. The zero-order valence-electron chi connectivity index (χ0n) is 13.8. The van der Waals surface area contributed by atoms with E-state index in [-0.39, 0.29) is 17.8 Å². The number of thiazole rings is 1. The molecular weight excluding hydrogens is 325 g/mol. The van der Waals surface area contributed by atoms with Crippen LogP contribution in [0.4, 0.5) is 10.1 Å². The summed E-state index contributed by atoms with van der Waals surface area (Å²) in [4.78, 5) is 18.4. The van der Waals surface area contributed by atoms with E-state index in [0.717, 1.165) is 30.6 Å². The number of carbonyl (C=O) groups excluding carboxylic acids is 1. The Morgan fingerprint density at radius 2 is 2.38 bits per heavy atom. The number of anilines is 1. The van der Waals surface area contributed by atoms with E-state index in [1.54, 1.807) is 22.9 Å². The molecule has 1 aromatic carbocycles. The lowest BCUT2D eigenvalue weighted by molar-refractivity contribution is -0.121. The molecule has 1 aromatic heterocycles. The van der Waals surface area contributed by atoms with E-state index in [4.69, 9.17) is 0 Å². The fraction of sp³-hybridized carbons (Fsp3) is 0.444. The lowest BCUT2D eigenvalue weighted by Crippen LogP contribution is -2.48. The standard InChI is InChI=1S/C18H22FN3OS/c1-13-4-6-16(19)17(9-13)22-8-2-3-14(10-22)21-18(23)7-5-15-11-24-12-20-15/h4,6,9,11-12,14H,2-3,5,7-8,10H2,1H3,(H,21,23). The number of piperidine rings is 1. The number of hydrogen-bond donors (Lipinski definition) is 1. The molecule has 0 aliphatic carbocycles. The average Bonchev–Trinajstić information content (AvgIpc) is 3.09. The SMILES string of the molecule is Cc1ccc(F)c(N2CCCC(NC(=O)CCc3cscn3)C2)c1. The number of carbonyl (C=O) groups is 1. The van der Waals surface area contributed by atoms with Gasteiger partial charge in [-0.05, 0) is 43.9 Å². The van der Waals surface area contributed by atoms with Crippen LogP contribution in [-0.4, -0.2) is 30.0 Å². The van der Waals surface area contributed by atoms with Crippen LogP contribution in [0, 0.1) is 12.7 Å². The summed E-state index contributed by atoms with van der Waals surface area (Å²) in [6, 6.07) is 5.24. The molecule has 1 saturated heterocycles. The first-order valence-corrected chi connectivity index (χ1v) is 9.23. The number of aromatic nitrogens is 1. The first-order valence-electron chi connectivity index (χ1n) is 8.29. The van der Waals surface area contributed by atoms with E-state index in [0.29, 0.717) is 25.1 Å². The van der Waals surface area contributed by atoms with Gasteiger partial charge in [0.15, 0.2) is 0 Å². The van der Waals surface area contributed by atoms with Crippen molar-refractivity contribution in [2.45, 2.75) is 38.6 Å². The molecule has 2 heterocycles. The van der Waals surface area contributed by atoms with Gasteiger partial charge in [-0.2, -0.15) is 0 Å². The molecule has 24 heavy (non-hydrogen) atoms. The van der Waals surface area contributed by atoms with Crippen molar-refractivity contribution in [2.24, 2.45) is 0 Å². The highest BCUT2D eigenvalue weighted by Crippen LogP contribution is 2.24. The monoisotopic (exact) mass is 347 g/mol. The Kier molecular flexibility index (Phi) is 5.45. The highest BCUT2D eigenvalue weighted by molar-refractivity contribution is 7.07. The van der Waals surface area contributed by atoms with Crippen LogP contribution in [0.5, 0.6) is 0 Å². The van der Waals surface area contributed by atoms with E-state index in [2.05, 4.69) is 10.3 Å². The summed E-state index contributed by atoms with van der Waals surface area (Å²) in [6.45, 7) is 3.44. The zero-order chi connectivity index (χ0) is 16.9. The quantitative estimate of drug-likeness (QED) is 0.902. The van der Waals surface area contributed by atoms with Gasteiger partial charge >= 0.3 is 0 Å². The topological polar surface area (TPSA) is 45.2 Å². The predicted molar refractivity (Wildman–Crippen MR) is 94.9 cm³/mol. The van der Waals surface area contributed by atoms with Crippen LogP contribution in [0.2, 0.25) is 0 Å². The Bertz CT molecular complexity index is 690. The third-order valence-corrected chi connectivity index (χ3v) is 4.96. The molecular formula is C18H22FN3OS. The highest BCUT2D eigenvalue weighted by atomic mass is 32.1. The molecule has 1 atom stereocenters. The van der Waals surface area contributed by atoms with Crippen LogP contribution in [0.1, 0.15) is 30.5 Å². The van der Waals surface area contributed by atoms with E-state index in [1.807, 2.05) is 23.3 Å². The molecule has 0 spiro atoms. The number of nitrogens with one attached hydrogen (secondary N) is 1. The van der Waals surface area contributed by atoms with Gasteiger partial charge in [-0.3, -0.25) is 4.79 Å². The summed E-state index contributed by atoms with van der Waals surface area (Å²) in [7, 11) is 0. The van der Waals surface area contributed by atoms with Gasteiger partial charge in [-0.25, -0.2) is 9.37 Å². The summed E-state index contributed by atoms with van der Waals surface area (Å²) in [5, 5.41) is 5.06. The van der Waals surface area contributed by atoms with Crippen molar-refractivity contribution in [2.75, 3.05) is 18.0 Å². The highest BCUT2D eigenvalue weighted by Gasteiger charge is 2.23. The molecule has 1 aliphatic heterocycles. The molecule has 1 fully saturated rings. The second kappa shape index (κ2) is 7.75. The fourth-order valence-electron chi connectivity index (χ4n) is 3.08. The molecule has 0 bridgehead atoms. The number of hydrogen-bond acceptors (Lipinski definition) is 4. The van der Waals surface area contributed by atoms with Crippen LogP contribution in [0.3, 0.4) is 0 Å². The third-order valence-electron chi connectivity index (χ3n) is 4.32. The Labute approximate surface area is 145 Å². The van der Waals surface area contributed by atoms with Crippen LogP contribution < -0.4 is 10.2 Å². The maximum Gasteiger partial charge on any atom is 0.220 e. The van der Waals surface area contributed by atoms with Crippen molar-refractivity contribution in [1.29, 1.82) is 0 Å². The van der Waals surface area contributed by atoms with Gasteiger partial charge in [0.1, 0.15) is 5.82 Å². The molecule has 4 nitrogen and oxygen atoms in total. The number of halogens is 1. The summed E-state index contributed by atoms with van der Waals surface area (Å²) >= 11 is 1.54. The van der Waals surface area contributed by atoms with Crippen LogP contribution in [0.25, 0.3) is 0 Å². The molecule has 128 valence electrons. The molecule has 1 aliphatic rings. The Morgan fingerprint density at radius 1 is 1.50 bits per heavy atom. The van der Waals surface area contributed by atoms with Gasteiger partial charge in [-0.15, -0.1) is 11.3 Å². The van der Waals surface area contributed by atoms with Crippen molar-refractivity contribution in [3.05, 3.63) is 46.2 Å². The van der Waals surface area contributed by atoms with Gasteiger partial charge in [0.2, 0.25) is 5.91 Å². The lowest BCUT2D eigenvalue weighted by atomic mass is 10.0. The number of rotatable bonds is 5. The fourth-order valence-corrected chi connectivity index (χ4v) is 3.67. The van der Waals surface area contributed by atoms with Crippen LogP contribution in [0.15, 0.2) is 29.1 Å². The molecule has 0 saturated carbocycles. The first kappa shape index (κ1) is 16.9. The van der Waals surface area contributed by atoms with E-state index < -0.39 is 0 Å². The summed E-state index contributed by atoms with van der Waals surface area (Å²) in [5.41, 5.74) is 4.42. The Hall–Kier alpha value is -1.95. The minimum absolute atomic E-state index is 0.0413. The lowest BCUT2D eigenvalue weighted by Gasteiger charge is -2.35. The predicted octanol–water partition coefficient (Wildman–Crippen LogP) is 3.31. The van der Waals surface area contributed by atoms with Gasteiger partial charge < -0.3 is 10.2 Å². The van der Waals surface area contributed by atoms with Gasteiger partial charge in [0.25, 0.3) is 0 Å². The van der Waals surface area contributed by atoms with E-state index in [1.165, 1.54) is 6.07 Å². The van der Waals surface area contributed by atoms with Crippen molar-refractivity contribution in [3.63, 3.8) is 0 Å². The molecule has 6 heteroatoms. The number of benzene rings is 1. The minimum atomic E-state index is -0.198. The number of nitrogens with zero attached hydrogens (tertiary/aromatic N) is 2. The Morgan fingerprint density at radius 3 is 3.17 bits per heavy atom. The number of amides is 1. The van der Waals surface area contributed by atoms with Gasteiger partial charge in [0, 0.05) is 30.9 Å². The zero-order valence-corrected chi connectivity index (χ0v) is 14.6. The average molecular weight is 347 g/mol. The first-order chi connectivity index (χ1) is 11.6. The summed E-state index contributed by atoms with van der Waals surface area (Å²) in [5.74, 6) is -0.157.